The lowest BCUT2D eigenvalue weighted by atomic mass is 10.1. The van der Waals surface area contributed by atoms with Gasteiger partial charge in [-0.25, -0.2) is 9.55 Å². The van der Waals surface area contributed by atoms with Crippen LogP contribution in [0.4, 0.5) is 0 Å². The number of rotatable bonds is 7. The quantitative estimate of drug-likeness (QED) is 0.286. The molecule has 4 aromatic rings. The highest BCUT2D eigenvalue weighted by Crippen LogP contribution is 2.24. The van der Waals surface area contributed by atoms with Crippen molar-refractivity contribution >= 4 is 28.4 Å². The molecule has 2 aromatic carbocycles. The van der Waals surface area contributed by atoms with Gasteiger partial charge in [-0.05, 0) is 50.2 Å². The number of halogens is 3. The number of nitrogens with one attached hydrogen (secondary N) is 2. The summed E-state index contributed by atoms with van der Waals surface area (Å²) in [7, 11) is 0. The number of aromatic amines is 1. The van der Waals surface area contributed by atoms with Gasteiger partial charge in [0.05, 0.1) is 26.2 Å². The molecule has 0 spiro atoms. The first-order valence-corrected chi connectivity index (χ1v) is 10.2. The summed E-state index contributed by atoms with van der Waals surface area (Å²) < 4.78 is 4.68. The molecule has 0 bridgehead atoms. The van der Waals surface area contributed by atoms with Crippen molar-refractivity contribution in [2.75, 3.05) is 19.6 Å². The second-order valence-electron chi connectivity index (χ2n) is 7.07. The number of nitrogens with zero attached hydrogens (tertiary/aromatic N) is 2. The molecular formula is C22H27Cl3N4. The van der Waals surface area contributed by atoms with Crippen molar-refractivity contribution in [1.82, 2.24) is 9.55 Å². The third kappa shape index (κ3) is 4.72. The van der Waals surface area contributed by atoms with E-state index in [1.165, 1.54) is 41.9 Å². The topological polar surface area (TPSA) is 29.3 Å². The van der Waals surface area contributed by atoms with E-state index in [2.05, 4.69) is 70.4 Å². The van der Waals surface area contributed by atoms with E-state index in [1.54, 1.807) is 4.90 Å². The van der Waals surface area contributed by atoms with Gasteiger partial charge < -0.3 is 29.7 Å². The van der Waals surface area contributed by atoms with Crippen molar-refractivity contribution in [3.05, 3.63) is 59.8 Å². The van der Waals surface area contributed by atoms with Crippen LogP contribution in [0.2, 0.25) is 5.02 Å². The van der Waals surface area contributed by atoms with E-state index in [-0.39, 0.29) is 24.8 Å². The molecule has 4 rings (SSSR count). The maximum absolute atomic E-state index is 6.10. The minimum Gasteiger partial charge on any atom is -1.00 e. The van der Waals surface area contributed by atoms with Crippen LogP contribution in [0.25, 0.3) is 28.1 Å². The molecule has 7 heteroatoms. The molecule has 0 unspecified atom stereocenters. The largest absolute Gasteiger partial charge is 1.00 e. The first-order chi connectivity index (χ1) is 13.2. The highest BCUT2D eigenvalue weighted by atomic mass is 35.5. The summed E-state index contributed by atoms with van der Waals surface area (Å²) in [5, 5.41) is 0.769. The molecule has 0 amide bonds. The number of para-hydroxylation sites is 2. The normalized spacial score (nSPS) is 11.0. The van der Waals surface area contributed by atoms with Crippen molar-refractivity contribution in [3.63, 3.8) is 0 Å². The summed E-state index contributed by atoms with van der Waals surface area (Å²) >= 11 is 6.10. The molecule has 0 aliphatic heterocycles. The van der Waals surface area contributed by atoms with Crippen LogP contribution in [-0.4, -0.2) is 29.2 Å². The Morgan fingerprint density at radius 3 is 2.38 bits per heavy atom. The maximum Gasteiger partial charge on any atom is 0.368 e. The molecule has 2 heterocycles. The van der Waals surface area contributed by atoms with Crippen LogP contribution in [0, 0.1) is 0 Å². The molecule has 2 N–H and O–H groups in total. The number of quaternary nitrogens is 1. The number of imidazole rings is 2. The zero-order valence-electron chi connectivity index (χ0n) is 16.8. The highest BCUT2D eigenvalue weighted by Gasteiger charge is 2.22. The Labute approximate surface area is 189 Å². The van der Waals surface area contributed by atoms with Crippen LogP contribution < -0.4 is 34.1 Å². The van der Waals surface area contributed by atoms with E-state index in [0.29, 0.717) is 0 Å². The number of hydrogen-bond donors (Lipinski definition) is 2. The van der Waals surface area contributed by atoms with Gasteiger partial charge in [0.15, 0.2) is 0 Å². The smallest absolute Gasteiger partial charge is 0.368 e. The zero-order chi connectivity index (χ0) is 18.8. The Morgan fingerprint density at radius 2 is 1.69 bits per heavy atom. The van der Waals surface area contributed by atoms with Crippen LogP contribution in [0.15, 0.2) is 54.7 Å². The van der Waals surface area contributed by atoms with Gasteiger partial charge in [-0.3, -0.25) is 0 Å². The second-order valence-corrected chi connectivity index (χ2v) is 7.51. The lowest BCUT2D eigenvalue weighted by Gasteiger charge is -2.14. The average Bonchev–Trinajstić information content (AvgIpc) is 3.22. The van der Waals surface area contributed by atoms with Gasteiger partial charge in [-0.2, -0.15) is 4.40 Å². The molecular weight excluding hydrogens is 427 g/mol. The number of fused-ring (bicyclic) bond motifs is 3. The van der Waals surface area contributed by atoms with Gasteiger partial charge in [0.2, 0.25) is 0 Å². The van der Waals surface area contributed by atoms with Crippen molar-refractivity contribution in [3.8, 4) is 11.3 Å². The molecule has 0 aliphatic carbocycles. The highest BCUT2D eigenvalue weighted by molar-refractivity contribution is 6.30. The van der Waals surface area contributed by atoms with E-state index in [1.807, 2.05) is 12.1 Å². The summed E-state index contributed by atoms with van der Waals surface area (Å²) in [6, 6.07) is 16.6. The molecule has 2 aromatic heterocycles. The summed E-state index contributed by atoms with van der Waals surface area (Å²) in [6.07, 6.45) is 3.39. The summed E-state index contributed by atoms with van der Waals surface area (Å²) in [5.41, 5.74) is 4.78. The van der Waals surface area contributed by atoms with Crippen LogP contribution in [0.1, 0.15) is 20.3 Å². The van der Waals surface area contributed by atoms with Gasteiger partial charge in [-0.1, -0.05) is 23.7 Å². The third-order valence-electron chi connectivity index (χ3n) is 5.49. The van der Waals surface area contributed by atoms with Gasteiger partial charge in [0.1, 0.15) is 22.9 Å². The fourth-order valence-corrected chi connectivity index (χ4v) is 4.01. The summed E-state index contributed by atoms with van der Waals surface area (Å²) in [4.78, 5) is 5.26. The third-order valence-corrected chi connectivity index (χ3v) is 5.74. The minimum atomic E-state index is 0. The molecule has 0 saturated carbocycles. The van der Waals surface area contributed by atoms with Crippen molar-refractivity contribution in [2.24, 2.45) is 0 Å². The zero-order valence-corrected chi connectivity index (χ0v) is 19.0. The number of benzene rings is 2. The van der Waals surface area contributed by atoms with Crippen molar-refractivity contribution in [1.29, 1.82) is 0 Å². The van der Waals surface area contributed by atoms with Crippen LogP contribution >= 0.6 is 11.6 Å². The van der Waals surface area contributed by atoms with Gasteiger partial charge in [-0.15, -0.1) is 0 Å². The fourth-order valence-electron chi connectivity index (χ4n) is 3.89. The molecule has 0 fully saturated rings. The standard InChI is InChI=1S/C22H25ClN4.2ClH/c1-3-25(4-2)14-7-15-26-21(17-10-12-18(23)13-11-17)16-27-20-9-6-5-8-19(20)24-22(26)27;;/h5-6,8-13,16H,3-4,7,14-15H2,1-2H3;2*1H. The Morgan fingerprint density at radius 1 is 1.00 bits per heavy atom. The second kappa shape index (κ2) is 10.4. The maximum atomic E-state index is 6.10. The number of aromatic nitrogens is 3. The Hall–Kier alpha value is -1.72. The number of H-pyrrole nitrogens is 1. The Balaban J connectivity index is 0.00000150. The number of hydrogen-bond acceptors (Lipinski definition) is 0. The van der Waals surface area contributed by atoms with Gasteiger partial charge >= 0.3 is 5.78 Å². The molecule has 29 heavy (non-hydrogen) atoms. The molecule has 4 nitrogen and oxygen atoms in total. The predicted molar refractivity (Wildman–Crippen MR) is 111 cm³/mol. The van der Waals surface area contributed by atoms with E-state index < -0.39 is 0 Å². The molecule has 0 atom stereocenters. The lowest BCUT2D eigenvalue weighted by molar-refractivity contribution is -0.896. The summed E-state index contributed by atoms with van der Waals surface area (Å²) in [6.45, 7) is 9.08. The molecule has 156 valence electrons. The SMILES string of the molecule is CC[NH+](CC)CCCn1c(-c2ccc(Cl)cc2)c[n+]2c3ccccc3[nH]c12.[Cl-].[Cl-]. The first kappa shape index (κ1) is 23.6. The van der Waals surface area contributed by atoms with Crippen molar-refractivity contribution in [2.45, 2.75) is 26.8 Å². The van der Waals surface area contributed by atoms with E-state index >= 15 is 0 Å². The first-order valence-electron chi connectivity index (χ1n) is 9.82. The minimum absolute atomic E-state index is 0. The van der Waals surface area contributed by atoms with E-state index in [4.69, 9.17) is 11.6 Å². The van der Waals surface area contributed by atoms with Crippen LogP contribution in [-0.2, 0) is 6.54 Å². The van der Waals surface area contributed by atoms with Crippen LogP contribution in [0.3, 0.4) is 0 Å². The van der Waals surface area contributed by atoms with Crippen LogP contribution in [0.5, 0.6) is 0 Å². The lowest BCUT2D eigenvalue weighted by Crippen LogP contribution is -3.11. The van der Waals surface area contributed by atoms with E-state index in [0.717, 1.165) is 23.8 Å². The monoisotopic (exact) mass is 452 g/mol. The summed E-state index contributed by atoms with van der Waals surface area (Å²) in [5.74, 6) is 1.13. The fraction of sp³-hybridized carbons (Fsp3) is 0.318. The van der Waals surface area contributed by atoms with Crippen molar-refractivity contribution < 1.29 is 34.1 Å². The van der Waals surface area contributed by atoms with E-state index in [9.17, 15) is 0 Å². The molecule has 0 radical (unpaired) electrons. The van der Waals surface area contributed by atoms with Gasteiger partial charge in [0, 0.05) is 17.0 Å². The predicted octanol–water partition coefficient (Wildman–Crippen LogP) is -2.65. The molecule has 0 saturated heterocycles. The average molecular weight is 454 g/mol. The Bertz CT molecular complexity index is 1050. The van der Waals surface area contributed by atoms with Gasteiger partial charge in [0.25, 0.3) is 0 Å². The number of aryl methyl sites for hydroxylation is 1. The Kier molecular flexibility index (Phi) is 8.41. The molecule has 0 aliphatic rings.